The third-order valence-corrected chi connectivity index (χ3v) is 4.63. The first-order valence-electron chi connectivity index (χ1n) is 7.54. The molecular weight excluding hydrogens is 234 g/mol. The van der Waals surface area contributed by atoms with Crippen molar-refractivity contribution in [3.05, 3.63) is 35.9 Å². The van der Waals surface area contributed by atoms with E-state index in [1.807, 2.05) is 0 Å². The maximum absolute atomic E-state index is 3.68. The highest BCUT2D eigenvalue weighted by atomic mass is 15.3. The van der Waals surface area contributed by atoms with Gasteiger partial charge < -0.3 is 10.2 Å². The van der Waals surface area contributed by atoms with E-state index in [0.29, 0.717) is 6.04 Å². The lowest BCUT2D eigenvalue weighted by Crippen LogP contribution is -2.52. The molecule has 0 amide bonds. The van der Waals surface area contributed by atoms with Crippen molar-refractivity contribution in [1.29, 1.82) is 0 Å². The van der Waals surface area contributed by atoms with E-state index in [9.17, 15) is 0 Å². The quantitative estimate of drug-likeness (QED) is 0.872. The third kappa shape index (κ3) is 3.16. The molecule has 0 saturated carbocycles. The zero-order valence-electron chi connectivity index (χ0n) is 11.9. The highest BCUT2D eigenvalue weighted by Crippen LogP contribution is 2.26. The molecule has 3 rings (SSSR count). The summed E-state index contributed by atoms with van der Waals surface area (Å²) >= 11 is 0. The molecule has 0 bridgehead atoms. The van der Waals surface area contributed by atoms with E-state index in [-0.39, 0.29) is 0 Å². The standard InChI is InChI=1S/C16H25N3/c1-18-9-11-19(12-10-18)15-7-8-17-16(13-15)14-5-3-2-4-6-14/h2-6,15-17H,7-13H2,1H3. The molecule has 2 atom stereocenters. The highest BCUT2D eigenvalue weighted by Gasteiger charge is 2.28. The van der Waals surface area contributed by atoms with Crippen molar-refractivity contribution in [2.45, 2.75) is 24.9 Å². The molecule has 0 aromatic heterocycles. The van der Waals surface area contributed by atoms with Crippen molar-refractivity contribution >= 4 is 0 Å². The van der Waals surface area contributed by atoms with Crippen LogP contribution in [0.2, 0.25) is 0 Å². The molecule has 0 aliphatic carbocycles. The molecule has 2 aliphatic heterocycles. The predicted octanol–water partition coefficient (Wildman–Crippen LogP) is 1.73. The Kier molecular flexibility index (Phi) is 4.16. The summed E-state index contributed by atoms with van der Waals surface area (Å²) in [5.41, 5.74) is 1.45. The summed E-state index contributed by atoms with van der Waals surface area (Å²) in [6.07, 6.45) is 2.56. The molecule has 0 spiro atoms. The molecule has 2 unspecified atom stereocenters. The van der Waals surface area contributed by atoms with Crippen LogP contribution in [0.25, 0.3) is 0 Å². The summed E-state index contributed by atoms with van der Waals surface area (Å²) in [5.74, 6) is 0. The number of benzene rings is 1. The van der Waals surface area contributed by atoms with Crippen LogP contribution in [0.4, 0.5) is 0 Å². The monoisotopic (exact) mass is 259 g/mol. The van der Waals surface area contributed by atoms with Gasteiger partial charge in [-0.15, -0.1) is 0 Å². The zero-order valence-corrected chi connectivity index (χ0v) is 11.9. The number of rotatable bonds is 2. The Labute approximate surface area is 116 Å². The first-order chi connectivity index (χ1) is 9.33. The van der Waals surface area contributed by atoms with Gasteiger partial charge in [-0.1, -0.05) is 30.3 Å². The van der Waals surface area contributed by atoms with E-state index in [2.05, 4.69) is 52.5 Å². The number of nitrogens with zero attached hydrogens (tertiary/aromatic N) is 2. The number of piperazine rings is 1. The summed E-state index contributed by atoms with van der Waals surface area (Å²) in [4.78, 5) is 5.14. The average Bonchev–Trinajstić information content (AvgIpc) is 2.49. The lowest BCUT2D eigenvalue weighted by Gasteiger charge is -2.42. The van der Waals surface area contributed by atoms with Crippen molar-refractivity contribution in [2.24, 2.45) is 0 Å². The minimum Gasteiger partial charge on any atom is -0.310 e. The first kappa shape index (κ1) is 13.1. The molecule has 1 aromatic rings. The Bertz CT molecular complexity index is 384. The molecule has 19 heavy (non-hydrogen) atoms. The number of hydrogen-bond donors (Lipinski definition) is 1. The molecule has 104 valence electrons. The second-order valence-electron chi connectivity index (χ2n) is 5.93. The van der Waals surface area contributed by atoms with Crippen LogP contribution in [0.1, 0.15) is 24.4 Å². The van der Waals surface area contributed by atoms with Gasteiger partial charge in [-0.2, -0.15) is 0 Å². The van der Waals surface area contributed by atoms with Gasteiger partial charge in [-0.25, -0.2) is 0 Å². The fourth-order valence-corrected chi connectivity index (χ4v) is 3.36. The van der Waals surface area contributed by atoms with Crippen LogP contribution in [0.5, 0.6) is 0 Å². The van der Waals surface area contributed by atoms with E-state index >= 15 is 0 Å². The van der Waals surface area contributed by atoms with Gasteiger partial charge in [0, 0.05) is 38.3 Å². The molecule has 2 fully saturated rings. The normalized spacial score (nSPS) is 30.4. The molecule has 2 aliphatic rings. The summed E-state index contributed by atoms with van der Waals surface area (Å²) in [6.45, 7) is 6.07. The van der Waals surface area contributed by atoms with Crippen LogP contribution < -0.4 is 5.32 Å². The first-order valence-corrected chi connectivity index (χ1v) is 7.54. The van der Waals surface area contributed by atoms with Crippen LogP contribution in [0, 0.1) is 0 Å². The van der Waals surface area contributed by atoms with Gasteiger partial charge in [0.25, 0.3) is 0 Å². The number of nitrogens with one attached hydrogen (secondary N) is 1. The highest BCUT2D eigenvalue weighted by molar-refractivity contribution is 5.19. The van der Waals surface area contributed by atoms with Crippen LogP contribution in [-0.2, 0) is 0 Å². The van der Waals surface area contributed by atoms with Crippen LogP contribution in [0.3, 0.4) is 0 Å². The molecule has 1 aromatic carbocycles. The maximum Gasteiger partial charge on any atom is 0.0335 e. The second kappa shape index (κ2) is 6.04. The average molecular weight is 259 g/mol. The maximum atomic E-state index is 3.68. The van der Waals surface area contributed by atoms with Crippen LogP contribution in [0.15, 0.2) is 30.3 Å². The predicted molar refractivity (Wildman–Crippen MR) is 79.3 cm³/mol. The lowest BCUT2D eigenvalue weighted by molar-refractivity contribution is 0.0850. The van der Waals surface area contributed by atoms with Gasteiger partial charge >= 0.3 is 0 Å². The van der Waals surface area contributed by atoms with Crippen molar-refractivity contribution in [2.75, 3.05) is 39.8 Å². The molecule has 2 saturated heterocycles. The number of piperidine rings is 1. The minimum atomic E-state index is 0.541. The van der Waals surface area contributed by atoms with Gasteiger partial charge in [0.2, 0.25) is 0 Å². The molecular formula is C16H25N3. The van der Waals surface area contributed by atoms with Crippen LogP contribution >= 0.6 is 0 Å². The van der Waals surface area contributed by atoms with Crippen molar-refractivity contribution in [3.63, 3.8) is 0 Å². The summed E-state index contributed by atoms with van der Waals surface area (Å²) in [6, 6.07) is 12.2. The Balaban J connectivity index is 1.62. The topological polar surface area (TPSA) is 18.5 Å². The van der Waals surface area contributed by atoms with Crippen molar-refractivity contribution in [3.8, 4) is 0 Å². The van der Waals surface area contributed by atoms with Gasteiger partial charge in [0.05, 0.1) is 0 Å². The largest absolute Gasteiger partial charge is 0.310 e. The Morgan fingerprint density at radius 3 is 2.53 bits per heavy atom. The fourth-order valence-electron chi connectivity index (χ4n) is 3.36. The minimum absolute atomic E-state index is 0.541. The van der Waals surface area contributed by atoms with E-state index in [0.717, 1.165) is 12.6 Å². The van der Waals surface area contributed by atoms with Gasteiger partial charge in [0.1, 0.15) is 0 Å². The Hall–Kier alpha value is -0.900. The van der Waals surface area contributed by atoms with Crippen molar-refractivity contribution < 1.29 is 0 Å². The smallest absolute Gasteiger partial charge is 0.0335 e. The summed E-state index contributed by atoms with van der Waals surface area (Å²) < 4.78 is 0. The molecule has 1 N–H and O–H groups in total. The number of likely N-dealkylation sites (N-methyl/N-ethyl adjacent to an activating group) is 1. The molecule has 2 heterocycles. The zero-order chi connectivity index (χ0) is 13.1. The van der Waals surface area contributed by atoms with E-state index < -0.39 is 0 Å². The summed E-state index contributed by atoms with van der Waals surface area (Å²) in [7, 11) is 2.23. The second-order valence-corrected chi connectivity index (χ2v) is 5.93. The van der Waals surface area contributed by atoms with E-state index in [1.54, 1.807) is 0 Å². The molecule has 3 heteroatoms. The van der Waals surface area contributed by atoms with Crippen molar-refractivity contribution in [1.82, 2.24) is 15.1 Å². The van der Waals surface area contributed by atoms with E-state index in [1.165, 1.54) is 44.6 Å². The number of hydrogen-bond acceptors (Lipinski definition) is 3. The third-order valence-electron chi connectivity index (χ3n) is 4.63. The molecule has 3 nitrogen and oxygen atoms in total. The van der Waals surface area contributed by atoms with Crippen LogP contribution in [-0.4, -0.2) is 55.6 Å². The van der Waals surface area contributed by atoms with E-state index in [4.69, 9.17) is 0 Å². The molecule has 0 radical (unpaired) electrons. The van der Waals surface area contributed by atoms with Gasteiger partial charge in [0.15, 0.2) is 0 Å². The van der Waals surface area contributed by atoms with Gasteiger partial charge in [-0.3, -0.25) is 4.90 Å². The Morgan fingerprint density at radius 2 is 1.79 bits per heavy atom. The summed E-state index contributed by atoms with van der Waals surface area (Å²) in [5, 5.41) is 3.68. The fraction of sp³-hybridized carbons (Fsp3) is 0.625. The van der Waals surface area contributed by atoms with Gasteiger partial charge in [-0.05, 0) is 32.0 Å². The Morgan fingerprint density at radius 1 is 1.05 bits per heavy atom. The lowest BCUT2D eigenvalue weighted by atomic mass is 9.92. The SMILES string of the molecule is CN1CCN(C2CCNC(c3ccccc3)C2)CC1.